The SMILES string of the molecule is Cl.c1ccc2c(c1)C1=c3ccccc3=C2C1. The van der Waals surface area contributed by atoms with Crippen LogP contribution in [0.25, 0.3) is 11.1 Å². The summed E-state index contributed by atoms with van der Waals surface area (Å²) in [5, 5.41) is 2.90. The molecule has 16 heavy (non-hydrogen) atoms. The lowest BCUT2D eigenvalue weighted by molar-refractivity contribution is 1.46. The Morgan fingerprint density at radius 2 is 1.06 bits per heavy atom. The summed E-state index contributed by atoms with van der Waals surface area (Å²) in [5.74, 6) is 0. The van der Waals surface area contributed by atoms with Gasteiger partial charge in [-0.2, -0.15) is 0 Å². The molecule has 0 spiro atoms. The molecule has 4 rings (SSSR count). The van der Waals surface area contributed by atoms with Gasteiger partial charge in [-0.3, -0.25) is 0 Å². The molecule has 0 saturated carbocycles. The molecule has 78 valence electrons. The Morgan fingerprint density at radius 3 is 1.56 bits per heavy atom. The lowest BCUT2D eigenvalue weighted by Gasteiger charge is -2.04. The molecule has 0 N–H and O–H groups in total. The van der Waals surface area contributed by atoms with Gasteiger partial charge in [0.05, 0.1) is 0 Å². The van der Waals surface area contributed by atoms with Gasteiger partial charge in [0.1, 0.15) is 0 Å². The highest BCUT2D eigenvalue weighted by Gasteiger charge is 2.25. The first-order chi connectivity index (χ1) is 7.45. The number of hydrogen-bond acceptors (Lipinski definition) is 0. The number of halogens is 1. The highest BCUT2D eigenvalue weighted by atomic mass is 35.5. The lowest BCUT2D eigenvalue weighted by Crippen LogP contribution is -2.26. The average molecular weight is 227 g/mol. The fourth-order valence-corrected chi connectivity index (χ4v) is 2.87. The molecule has 0 radical (unpaired) electrons. The van der Waals surface area contributed by atoms with Crippen LogP contribution in [0.2, 0.25) is 0 Å². The van der Waals surface area contributed by atoms with Crippen molar-refractivity contribution in [1.29, 1.82) is 0 Å². The first kappa shape index (κ1) is 9.68. The van der Waals surface area contributed by atoms with E-state index in [1.165, 1.54) is 32.7 Å². The molecule has 0 aromatic heterocycles. The van der Waals surface area contributed by atoms with E-state index >= 15 is 0 Å². The second kappa shape index (κ2) is 3.23. The van der Waals surface area contributed by atoms with Gasteiger partial charge >= 0.3 is 0 Å². The molecule has 0 atom stereocenters. The predicted octanol–water partition coefficient (Wildman–Crippen LogP) is 2.22. The largest absolute Gasteiger partial charge is 0.147 e. The van der Waals surface area contributed by atoms with Crippen LogP contribution < -0.4 is 10.4 Å². The van der Waals surface area contributed by atoms with Crippen molar-refractivity contribution >= 4 is 23.6 Å². The average Bonchev–Trinajstić information content (AvgIpc) is 2.86. The zero-order chi connectivity index (χ0) is 9.83. The molecule has 0 saturated heterocycles. The number of fused-ring (bicyclic) bond motifs is 6. The first-order valence-electron chi connectivity index (χ1n) is 5.36. The van der Waals surface area contributed by atoms with Gasteiger partial charge in [0.2, 0.25) is 0 Å². The normalized spacial score (nSPS) is 14.5. The Bertz CT molecular complexity index is 635. The smallest absolute Gasteiger partial charge is 0.000111 e. The number of benzene rings is 2. The van der Waals surface area contributed by atoms with Gasteiger partial charge in [0, 0.05) is 0 Å². The van der Waals surface area contributed by atoms with Crippen LogP contribution in [0.5, 0.6) is 0 Å². The van der Waals surface area contributed by atoms with Gasteiger partial charge in [0.25, 0.3) is 0 Å². The molecule has 0 nitrogen and oxygen atoms in total. The summed E-state index contributed by atoms with van der Waals surface area (Å²) in [6.45, 7) is 0. The van der Waals surface area contributed by atoms with Crippen molar-refractivity contribution in [2.75, 3.05) is 0 Å². The van der Waals surface area contributed by atoms with E-state index in [4.69, 9.17) is 0 Å². The third-order valence-electron chi connectivity index (χ3n) is 3.51. The van der Waals surface area contributed by atoms with Crippen LogP contribution in [-0.4, -0.2) is 0 Å². The van der Waals surface area contributed by atoms with E-state index < -0.39 is 0 Å². The quantitative estimate of drug-likeness (QED) is 0.646. The maximum Gasteiger partial charge on any atom is -0.000111 e. The highest BCUT2D eigenvalue weighted by Crippen LogP contribution is 2.38. The Labute approximate surface area is 100 Å². The predicted molar refractivity (Wildman–Crippen MR) is 69.0 cm³/mol. The monoisotopic (exact) mass is 226 g/mol. The Kier molecular flexibility index (Phi) is 1.95. The molecule has 0 amide bonds. The molecule has 2 bridgehead atoms. The van der Waals surface area contributed by atoms with E-state index in [0.29, 0.717) is 0 Å². The fraction of sp³-hybridized carbons (Fsp3) is 0.0667. The van der Waals surface area contributed by atoms with Crippen LogP contribution in [0.3, 0.4) is 0 Å². The summed E-state index contributed by atoms with van der Waals surface area (Å²) in [7, 11) is 0. The molecule has 0 aliphatic heterocycles. The summed E-state index contributed by atoms with van der Waals surface area (Å²) in [5.41, 5.74) is 5.95. The topological polar surface area (TPSA) is 0 Å². The molecule has 2 aliphatic rings. The van der Waals surface area contributed by atoms with Crippen molar-refractivity contribution in [3.05, 3.63) is 70.1 Å². The molecule has 0 fully saturated rings. The van der Waals surface area contributed by atoms with Crippen LogP contribution in [0.4, 0.5) is 0 Å². The van der Waals surface area contributed by atoms with Gasteiger partial charge in [-0.1, -0.05) is 48.5 Å². The molecule has 1 heteroatoms. The van der Waals surface area contributed by atoms with Crippen LogP contribution >= 0.6 is 12.4 Å². The van der Waals surface area contributed by atoms with E-state index in [-0.39, 0.29) is 12.4 Å². The Morgan fingerprint density at radius 1 is 0.625 bits per heavy atom. The summed E-state index contributed by atoms with van der Waals surface area (Å²) in [6.07, 6.45) is 1.14. The molecule has 2 aliphatic carbocycles. The second-order valence-corrected chi connectivity index (χ2v) is 4.23. The van der Waals surface area contributed by atoms with Crippen LogP contribution in [0.15, 0.2) is 48.5 Å². The maximum absolute atomic E-state index is 2.24. The van der Waals surface area contributed by atoms with Gasteiger partial charge in [-0.05, 0) is 39.1 Å². The zero-order valence-corrected chi connectivity index (χ0v) is 9.55. The van der Waals surface area contributed by atoms with E-state index in [2.05, 4.69) is 48.5 Å². The first-order valence-corrected chi connectivity index (χ1v) is 5.36. The van der Waals surface area contributed by atoms with Crippen LogP contribution in [0.1, 0.15) is 17.5 Å². The van der Waals surface area contributed by atoms with Gasteiger partial charge in [-0.15, -0.1) is 12.4 Å². The number of rotatable bonds is 0. The van der Waals surface area contributed by atoms with Crippen molar-refractivity contribution in [3.8, 4) is 0 Å². The number of hydrogen-bond donors (Lipinski definition) is 0. The van der Waals surface area contributed by atoms with Crippen LogP contribution in [-0.2, 0) is 0 Å². The third kappa shape index (κ3) is 1.00. The van der Waals surface area contributed by atoms with Crippen molar-refractivity contribution < 1.29 is 0 Å². The van der Waals surface area contributed by atoms with Crippen molar-refractivity contribution in [3.63, 3.8) is 0 Å². The van der Waals surface area contributed by atoms with Crippen molar-refractivity contribution in [2.24, 2.45) is 0 Å². The summed E-state index contributed by atoms with van der Waals surface area (Å²) < 4.78 is 0. The van der Waals surface area contributed by atoms with E-state index in [1.54, 1.807) is 0 Å². The van der Waals surface area contributed by atoms with Crippen molar-refractivity contribution in [2.45, 2.75) is 6.42 Å². The zero-order valence-electron chi connectivity index (χ0n) is 8.73. The molecule has 0 unspecified atom stereocenters. The fourth-order valence-electron chi connectivity index (χ4n) is 2.87. The molecule has 2 aromatic carbocycles. The Hall–Kier alpha value is -1.53. The molecular weight excluding hydrogens is 216 g/mol. The van der Waals surface area contributed by atoms with Gasteiger partial charge < -0.3 is 0 Å². The molecule has 2 aromatic rings. The van der Waals surface area contributed by atoms with E-state index in [1.807, 2.05) is 0 Å². The minimum Gasteiger partial charge on any atom is -0.147 e. The summed E-state index contributed by atoms with van der Waals surface area (Å²) in [6, 6.07) is 17.5. The van der Waals surface area contributed by atoms with Crippen molar-refractivity contribution in [1.82, 2.24) is 0 Å². The summed E-state index contributed by atoms with van der Waals surface area (Å²) in [4.78, 5) is 0. The molecule has 0 heterocycles. The standard InChI is InChI=1S/C15H10.ClH/c1-2-6-11-10(5-1)14-9-15(11)13-8-4-3-7-12(13)14;/h1-8H,9H2;1H. The minimum absolute atomic E-state index is 0. The third-order valence-corrected chi connectivity index (χ3v) is 3.51. The van der Waals surface area contributed by atoms with Gasteiger partial charge in [-0.25, -0.2) is 0 Å². The lowest BCUT2D eigenvalue weighted by atomic mass is 10.00. The second-order valence-electron chi connectivity index (χ2n) is 4.23. The maximum atomic E-state index is 2.24. The van der Waals surface area contributed by atoms with Gasteiger partial charge in [0.15, 0.2) is 0 Å². The highest BCUT2D eigenvalue weighted by molar-refractivity contribution is 5.95. The molecular formula is C15H11Cl. The Balaban J connectivity index is 0.000000810. The summed E-state index contributed by atoms with van der Waals surface area (Å²) >= 11 is 0. The van der Waals surface area contributed by atoms with E-state index in [9.17, 15) is 0 Å². The van der Waals surface area contributed by atoms with E-state index in [0.717, 1.165) is 6.42 Å². The minimum atomic E-state index is 0. The van der Waals surface area contributed by atoms with Crippen LogP contribution in [0, 0.1) is 0 Å².